The minimum Gasteiger partial charge on any atom is -0.496 e. The van der Waals surface area contributed by atoms with Crippen LogP contribution in [0.2, 0.25) is 0 Å². The monoisotopic (exact) mass is 390 g/mol. The van der Waals surface area contributed by atoms with Gasteiger partial charge in [0, 0.05) is 20.9 Å². The maximum absolute atomic E-state index is 12.8. The lowest BCUT2D eigenvalue weighted by atomic mass is 9.95. The number of hydrogen-bond donors (Lipinski definition) is 2. The van der Waals surface area contributed by atoms with Gasteiger partial charge in [0.25, 0.3) is 0 Å². The van der Waals surface area contributed by atoms with E-state index in [0.29, 0.717) is 23.6 Å². The molecule has 0 aliphatic carbocycles. The number of thiophene rings is 1. The molecule has 1 aromatic carbocycles. The van der Waals surface area contributed by atoms with Crippen LogP contribution < -0.4 is 14.8 Å². The summed E-state index contributed by atoms with van der Waals surface area (Å²) in [6.45, 7) is 6.66. The van der Waals surface area contributed by atoms with Crippen molar-refractivity contribution in [1.82, 2.24) is 10.2 Å². The second kappa shape index (κ2) is 7.78. The molecule has 2 atom stereocenters. The largest absolute Gasteiger partial charge is 0.496 e. The first-order valence-corrected chi connectivity index (χ1v) is 9.71. The predicted octanol–water partition coefficient (Wildman–Crippen LogP) is 3.70. The molecule has 146 valence electrons. The van der Waals surface area contributed by atoms with Gasteiger partial charge >= 0.3 is 6.03 Å². The Balaban J connectivity index is 1.81. The van der Waals surface area contributed by atoms with Gasteiger partial charge in [-0.05, 0) is 44.5 Å². The molecule has 0 spiro atoms. The zero-order valence-corrected chi connectivity index (χ0v) is 17.1. The van der Waals surface area contributed by atoms with E-state index in [2.05, 4.69) is 25.2 Å². The van der Waals surface area contributed by atoms with Crippen LogP contribution >= 0.6 is 11.3 Å². The van der Waals surface area contributed by atoms with Gasteiger partial charge in [0.05, 0.1) is 33.4 Å². The van der Waals surface area contributed by atoms with Crippen molar-refractivity contribution >= 4 is 17.4 Å². The first kappa shape index (κ1) is 19.5. The number of carbonyl (C=O) groups excluding carboxylic acids is 1. The Hall–Kier alpha value is -2.25. The van der Waals surface area contributed by atoms with Gasteiger partial charge in [-0.15, -0.1) is 11.3 Å². The van der Waals surface area contributed by atoms with E-state index in [9.17, 15) is 9.90 Å². The standard InChI is InChI=1S/C20H26N2O4S/c1-11-8-14(13(3)27-11)12(2)21-20(24)22-9-15-17(25-4)6-7-18(26-5)19(15)16(23)10-22/h6-8,12,16,23H,9-10H2,1-5H3,(H,21,24). The molecule has 0 bridgehead atoms. The second-order valence-corrected chi connectivity index (χ2v) is 8.26. The second-order valence-electron chi connectivity index (χ2n) is 6.80. The molecule has 0 radical (unpaired) electrons. The molecular weight excluding hydrogens is 364 g/mol. The van der Waals surface area contributed by atoms with Crippen LogP contribution in [0.3, 0.4) is 0 Å². The van der Waals surface area contributed by atoms with Crippen LogP contribution in [0.4, 0.5) is 4.79 Å². The van der Waals surface area contributed by atoms with E-state index in [-0.39, 0.29) is 18.6 Å². The molecule has 2 N–H and O–H groups in total. The van der Waals surface area contributed by atoms with Crippen LogP contribution in [-0.2, 0) is 6.54 Å². The molecule has 6 nitrogen and oxygen atoms in total. The highest BCUT2D eigenvalue weighted by molar-refractivity contribution is 7.12. The summed E-state index contributed by atoms with van der Waals surface area (Å²) in [6, 6.07) is 5.37. The number of β-amino-alcohol motifs (C(OH)–C–C–N with tert-alkyl or cyclic N) is 1. The number of amides is 2. The van der Waals surface area contributed by atoms with Crippen molar-refractivity contribution in [2.75, 3.05) is 20.8 Å². The van der Waals surface area contributed by atoms with E-state index in [1.807, 2.05) is 6.92 Å². The van der Waals surface area contributed by atoms with Crippen LogP contribution in [-0.4, -0.2) is 36.8 Å². The Bertz CT molecular complexity index is 849. The van der Waals surface area contributed by atoms with Crippen LogP contribution in [0.1, 0.15) is 45.5 Å². The summed E-state index contributed by atoms with van der Waals surface area (Å²) < 4.78 is 10.8. The van der Waals surface area contributed by atoms with Crippen molar-refractivity contribution < 1.29 is 19.4 Å². The average Bonchev–Trinajstić information content (AvgIpc) is 2.98. The van der Waals surface area contributed by atoms with Gasteiger partial charge < -0.3 is 24.8 Å². The molecule has 0 saturated carbocycles. The van der Waals surface area contributed by atoms with Crippen LogP contribution in [0, 0.1) is 13.8 Å². The average molecular weight is 391 g/mol. The van der Waals surface area contributed by atoms with Gasteiger partial charge in [-0.1, -0.05) is 0 Å². The third-order valence-corrected chi connectivity index (χ3v) is 5.94. The van der Waals surface area contributed by atoms with Gasteiger partial charge in [0.15, 0.2) is 0 Å². The fourth-order valence-corrected chi connectivity index (χ4v) is 4.69. The SMILES string of the molecule is COc1ccc(OC)c2c1CN(C(=O)NC(C)c1cc(C)sc1C)CC2O. The number of ether oxygens (including phenoxy) is 2. The number of nitrogens with zero attached hydrogens (tertiary/aromatic N) is 1. The van der Waals surface area contributed by atoms with Crippen molar-refractivity contribution in [3.05, 3.63) is 44.6 Å². The number of methoxy groups -OCH3 is 2. The van der Waals surface area contributed by atoms with E-state index in [4.69, 9.17) is 9.47 Å². The summed E-state index contributed by atoms with van der Waals surface area (Å²) in [6.07, 6.45) is -0.829. The third-order valence-electron chi connectivity index (χ3n) is 4.96. The Morgan fingerprint density at radius 1 is 1.30 bits per heavy atom. The van der Waals surface area contributed by atoms with Crippen LogP contribution in [0.15, 0.2) is 18.2 Å². The van der Waals surface area contributed by atoms with Gasteiger partial charge in [-0.25, -0.2) is 4.79 Å². The molecule has 7 heteroatoms. The maximum atomic E-state index is 12.8. The quantitative estimate of drug-likeness (QED) is 0.835. The number of aryl methyl sites for hydroxylation is 2. The molecule has 3 rings (SSSR count). The normalized spacial score (nSPS) is 17.3. The molecule has 2 heterocycles. The summed E-state index contributed by atoms with van der Waals surface area (Å²) >= 11 is 1.72. The number of aliphatic hydroxyl groups excluding tert-OH is 1. The Kier molecular flexibility index (Phi) is 5.62. The summed E-state index contributed by atoms with van der Waals surface area (Å²) in [7, 11) is 3.15. The lowest BCUT2D eigenvalue weighted by Crippen LogP contribution is -2.45. The number of benzene rings is 1. The van der Waals surface area contributed by atoms with Gasteiger partial charge in [0.2, 0.25) is 0 Å². The zero-order valence-electron chi connectivity index (χ0n) is 16.3. The summed E-state index contributed by atoms with van der Waals surface area (Å²) in [4.78, 5) is 16.9. The Labute approximate surface area is 163 Å². The molecule has 2 aromatic rings. The highest BCUT2D eigenvalue weighted by Crippen LogP contribution is 2.39. The first-order chi connectivity index (χ1) is 12.8. The number of carbonyl (C=O) groups is 1. The molecule has 1 aliphatic heterocycles. The summed E-state index contributed by atoms with van der Waals surface area (Å²) in [5, 5.41) is 13.7. The molecule has 1 aromatic heterocycles. The number of urea groups is 1. The highest BCUT2D eigenvalue weighted by Gasteiger charge is 2.32. The number of rotatable bonds is 4. The van der Waals surface area contributed by atoms with Crippen molar-refractivity contribution in [2.45, 2.75) is 39.5 Å². The van der Waals surface area contributed by atoms with E-state index >= 15 is 0 Å². The lowest BCUT2D eigenvalue weighted by molar-refractivity contribution is 0.0996. The summed E-state index contributed by atoms with van der Waals surface area (Å²) in [5.74, 6) is 1.25. The lowest BCUT2D eigenvalue weighted by Gasteiger charge is -2.34. The molecule has 2 unspecified atom stereocenters. The van der Waals surface area contributed by atoms with E-state index < -0.39 is 6.10 Å². The van der Waals surface area contributed by atoms with Gasteiger partial charge in [-0.3, -0.25) is 0 Å². The summed E-state index contributed by atoms with van der Waals surface area (Å²) in [5.41, 5.74) is 2.60. The molecular formula is C20H26N2O4S. The van der Waals surface area contributed by atoms with E-state index in [1.54, 1.807) is 42.6 Å². The van der Waals surface area contributed by atoms with Gasteiger partial charge in [-0.2, -0.15) is 0 Å². The smallest absolute Gasteiger partial charge is 0.318 e. The Morgan fingerprint density at radius 2 is 1.96 bits per heavy atom. The van der Waals surface area contributed by atoms with Crippen LogP contribution in [0.25, 0.3) is 0 Å². The minimum atomic E-state index is -0.829. The first-order valence-electron chi connectivity index (χ1n) is 8.89. The van der Waals surface area contributed by atoms with E-state index in [1.165, 1.54) is 9.75 Å². The zero-order chi connectivity index (χ0) is 19.7. The fraction of sp³-hybridized carbons (Fsp3) is 0.450. The van der Waals surface area contributed by atoms with Crippen molar-refractivity contribution in [3.63, 3.8) is 0 Å². The topological polar surface area (TPSA) is 71.0 Å². The molecule has 0 fully saturated rings. The predicted molar refractivity (Wildman–Crippen MR) is 106 cm³/mol. The minimum absolute atomic E-state index is 0.104. The Morgan fingerprint density at radius 3 is 2.56 bits per heavy atom. The number of aliphatic hydroxyl groups is 1. The van der Waals surface area contributed by atoms with Crippen molar-refractivity contribution in [3.8, 4) is 11.5 Å². The highest BCUT2D eigenvalue weighted by atomic mass is 32.1. The molecule has 27 heavy (non-hydrogen) atoms. The van der Waals surface area contributed by atoms with Crippen LogP contribution in [0.5, 0.6) is 11.5 Å². The third kappa shape index (κ3) is 3.75. The number of hydrogen-bond acceptors (Lipinski definition) is 5. The van der Waals surface area contributed by atoms with Crippen molar-refractivity contribution in [1.29, 1.82) is 0 Å². The number of fused-ring (bicyclic) bond motifs is 1. The molecule has 0 saturated heterocycles. The molecule has 2 amide bonds. The number of nitrogens with one attached hydrogen (secondary N) is 1. The van der Waals surface area contributed by atoms with Crippen molar-refractivity contribution in [2.24, 2.45) is 0 Å². The molecule has 1 aliphatic rings. The fourth-order valence-electron chi connectivity index (χ4n) is 3.67. The van der Waals surface area contributed by atoms with Gasteiger partial charge in [0.1, 0.15) is 17.6 Å². The van der Waals surface area contributed by atoms with E-state index in [0.717, 1.165) is 11.1 Å². The maximum Gasteiger partial charge on any atom is 0.318 e.